The Morgan fingerprint density at radius 2 is 1.32 bits per heavy atom. The van der Waals surface area contributed by atoms with Crippen LogP contribution in [-0.4, -0.2) is 31.1 Å². The molecule has 3 aromatic carbocycles. The number of nitrogens with zero attached hydrogens (tertiary/aromatic N) is 1. The molecule has 38 heavy (non-hydrogen) atoms. The van der Waals surface area contributed by atoms with Crippen LogP contribution in [0.5, 0.6) is 11.5 Å². The third-order valence-electron chi connectivity index (χ3n) is 7.08. The summed E-state index contributed by atoms with van der Waals surface area (Å²) in [7, 11) is 3.26. The van der Waals surface area contributed by atoms with Gasteiger partial charge in [-0.15, -0.1) is 0 Å². The SMILES string of the molecule is COc1cc2c(cc1OC)C(CCc1ccc(C(C)(C)C)cc1)=[N+](Cc1ccc(C(F)(F)F)cc1)CC2.[Cl-]. The summed E-state index contributed by atoms with van der Waals surface area (Å²) in [6.45, 7) is 7.94. The summed E-state index contributed by atoms with van der Waals surface area (Å²) in [5.41, 5.74) is 6.35. The Balaban J connectivity index is 0.00000400. The Kier molecular flexibility index (Phi) is 9.19. The molecule has 0 bridgehead atoms. The van der Waals surface area contributed by atoms with Gasteiger partial charge in [-0.2, -0.15) is 13.2 Å². The summed E-state index contributed by atoms with van der Waals surface area (Å²) in [5, 5.41) is 0. The molecular weight excluding hydrogens is 511 g/mol. The smallest absolute Gasteiger partial charge is 0.416 e. The molecule has 4 rings (SSSR count). The third kappa shape index (κ3) is 6.71. The molecule has 7 heteroatoms. The Morgan fingerprint density at radius 1 is 0.763 bits per heavy atom. The monoisotopic (exact) mass is 545 g/mol. The lowest BCUT2D eigenvalue weighted by Crippen LogP contribution is -3.00. The van der Waals surface area contributed by atoms with E-state index in [-0.39, 0.29) is 17.8 Å². The van der Waals surface area contributed by atoms with Crippen LogP contribution in [-0.2, 0) is 31.0 Å². The minimum atomic E-state index is -4.34. The Morgan fingerprint density at radius 3 is 1.87 bits per heavy atom. The van der Waals surface area contributed by atoms with Gasteiger partial charge >= 0.3 is 6.18 Å². The van der Waals surface area contributed by atoms with Gasteiger partial charge in [0.25, 0.3) is 0 Å². The lowest BCUT2D eigenvalue weighted by Gasteiger charge is -2.21. The molecule has 0 fully saturated rings. The van der Waals surface area contributed by atoms with Crippen molar-refractivity contribution in [2.75, 3.05) is 20.8 Å². The van der Waals surface area contributed by atoms with Crippen molar-refractivity contribution >= 4 is 5.71 Å². The van der Waals surface area contributed by atoms with Crippen molar-refractivity contribution in [3.05, 3.63) is 94.0 Å². The van der Waals surface area contributed by atoms with Gasteiger partial charge in [0.1, 0.15) is 6.54 Å². The van der Waals surface area contributed by atoms with Crippen LogP contribution in [0.1, 0.15) is 60.6 Å². The number of methoxy groups -OCH3 is 2. The first kappa shape index (κ1) is 29.6. The van der Waals surface area contributed by atoms with Gasteiger partial charge in [0, 0.05) is 24.0 Å². The van der Waals surface area contributed by atoms with E-state index in [1.807, 2.05) is 12.1 Å². The lowest BCUT2D eigenvalue weighted by atomic mass is 9.86. The van der Waals surface area contributed by atoms with Crippen molar-refractivity contribution in [1.29, 1.82) is 0 Å². The molecular formula is C31H35ClF3NO2. The molecule has 1 aliphatic rings. The summed E-state index contributed by atoms with van der Waals surface area (Å²) in [4.78, 5) is 0. The highest BCUT2D eigenvalue weighted by atomic mass is 35.5. The van der Waals surface area contributed by atoms with Crippen LogP contribution in [0.2, 0.25) is 0 Å². The average Bonchev–Trinajstić information content (AvgIpc) is 2.86. The second-order valence-corrected chi connectivity index (χ2v) is 10.6. The van der Waals surface area contributed by atoms with E-state index in [0.717, 1.165) is 49.1 Å². The molecule has 204 valence electrons. The van der Waals surface area contributed by atoms with E-state index in [1.165, 1.54) is 22.4 Å². The van der Waals surface area contributed by atoms with E-state index < -0.39 is 11.7 Å². The molecule has 0 aliphatic carbocycles. The molecule has 0 N–H and O–H groups in total. The van der Waals surface area contributed by atoms with Crippen LogP contribution in [0.3, 0.4) is 0 Å². The van der Waals surface area contributed by atoms with Crippen molar-refractivity contribution in [3.8, 4) is 11.5 Å². The Labute approximate surface area is 229 Å². The largest absolute Gasteiger partial charge is 1.00 e. The van der Waals surface area contributed by atoms with E-state index in [4.69, 9.17) is 9.47 Å². The van der Waals surface area contributed by atoms with Crippen molar-refractivity contribution in [1.82, 2.24) is 0 Å². The van der Waals surface area contributed by atoms with E-state index >= 15 is 0 Å². The maximum absolute atomic E-state index is 13.1. The second kappa shape index (κ2) is 11.8. The topological polar surface area (TPSA) is 21.5 Å². The zero-order chi connectivity index (χ0) is 26.8. The van der Waals surface area contributed by atoms with Gasteiger partial charge in [-0.25, -0.2) is 4.58 Å². The summed E-state index contributed by atoms with van der Waals surface area (Å²) in [6, 6.07) is 18.3. The Bertz CT molecular complexity index is 1270. The molecule has 0 aromatic heterocycles. The summed E-state index contributed by atoms with van der Waals surface area (Å²) in [5.74, 6) is 1.37. The van der Waals surface area contributed by atoms with Crippen LogP contribution in [0.4, 0.5) is 13.2 Å². The quantitative estimate of drug-likeness (QED) is 0.415. The molecule has 0 radical (unpaired) electrons. The minimum Gasteiger partial charge on any atom is -1.00 e. The summed E-state index contributed by atoms with van der Waals surface area (Å²) in [6.07, 6.45) is -1.85. The van der Waals surface area contributed by atoms with E-state index in [1.54, 1.807) is 26.4 Å². The van der Waals surface area contributed by atoms with Crippen LogP contribution in [0, 0.1) is 0 Å². The van der Waals surface area contributed by atoms with Gasteiger partial charge in [-0.1, -0.05) is 57.2 Å². The number of ether oxygens (including phenoxy) is 2. The molecule has 0 unspecified atom stereocenters. The standard InChI is InChI=1S/C31H35F3NO2.ClH/c1-30(2,3)24-11-6-21(7-12-24)10-15-27-26-19-29(37-5)28(36-4)18-23(26)16-17-35(27)20-22-8-13-25(14-9-22)31(32,33)34;/h6-9,11-14,18-19H,10,15-17,20H2,1-5H3;1H/q+1;/p-1. The highest BCUT2D eigenvalue weighted by Crippen LogP contribution is 2.34. The third-order valence-corrected chi connectivity index (χ3v) is 7.08. The number of aryl methyl sites for hydroxylation is 1. The van der Waals surface area contributed by atoms with Crippen LogP contribution >= 0.6 is 0 Å². The fourth-order valence-corrected chi connectivity index (χ4v) is 4.88. The highest BCUT2D eigenvalue weighted by Gasteiger charge is 2.31. The van der Waals surface area contributed by atoms with E-state index in [0.29, 0.717) is 18.0 Å². The van der Waals surface area contributed by atoms with Crippen molar-refractivity contribution in [3.63, 3.8) is 0 Å². The fourth-order valence-electron chi connectivity index (χ4n) is 4.88. The first-order chi connectivity index (χ1) is 17.5. The average molecular weight is 546 g/mol. The van der Waals surface area contributed by atoms with Gasteiger partial charge in [-0.05, 0) is 52.8 Å². The number of hydrogen-bond donors (Lipinski definition) is 0. The summed E-state index contributed by atoms with van der Waals surface area (Å²) < 4.78 is 52.6. The molecule has 0 atom stereocenters. The van der Waals surface area contributed by atoms with Gasteiger partial charge in [-0.3, -0.25) is 0 Å². The molecule has 3 aromatic rings. The normalized spacial score (nSPS) is 13.6. The highest BCUT2D eigenvalue weighted by molar-refractivity contribution is 5.99. The summed E-state index contributed by atoms with van der Waals surface area (Å²) >= 11 is 0. The minimum absolute atomic E-state index is 0. The second-order valence-electron chi connectivity index (χ2n) is 10.6. The van der Waals surface area contributed by atoms with Gasteiger partial charge in [0.2, 0.25) is 0 Å². The molecule has 0 spiro atoms. The predicted octanol–water partition coefficient (Wildman–Crippen LogP) is 4.21. The van der Waals surface area contributed by atoms with Crippen molar-refractivity contribution < 1.29 is 39.6 Å². The number of fused-ring (bicyclic) bond motifs is 1. The number of alkyl halides is 3. The molecule has 3 nitrogen and oxygen atoms in total. The van der Waals surface area contributed by atoms with Gasteiger partial charge in [0.15, 0.2) is 23.8 Å². The molecule has 1 heterocycles. The molecule has 1 aliphatic heterocycles. The van der Waals surface area contributed by atoms with Crippen LogP contribution in [0.25, 0.3) is 0 Å². The first-order valence-electron chi connectivity index (χ1n) is 12.6. The zero-order valence-corrected chi connectivity index (χ0v) is 23.3. The molecule has 0 amide bonds. The maximum Gasteiger partial charge on any atom is 0.416 e. The van der Waals surface area contributed by atoms with E-state index in [2.05, 4.69) is 49.6 Å². The molecule has 0 saturated carbocycles. The number of halogens is 4. The number of rotatable bonds is 7. The number of hydrogen-bond acceptors (Lipinski definition) is 2. The Hall–Kier alpha value is -2.99. The number of benzene rings is 3. The van der Waals surface area contributed by atoms with Crippen molar-refractivity contribution in [2.45, 2.75) is 58.2 Å². The van der Waals surface area contributed by atoms with Gasteiger partial charge in [0.05, 0.1) is 19.8 Å². The van der Waals surface area contributed by atoms with Crippen molar-refractivity contribution in [2.24, 2.45) is 0 Å². The molecule has 0 saturated heterocycles. The zero-order valence-electron chi connectivity index (χ0n) is 22.6. The van der Waals surface area contributed by atoms with Gasteiger partial charge < -0.3 is 21.9 Å². The predicted molar refractivity (Wildman–Crippen MR) is 141 cm³/mol. The fraction of sp³-hybridized carbons (Fsp3) is 0.387. The maximum atomic E-state index is 13.1. The van der Waals surface area contributed by atoms with E-state index in [9.17, 15) is 13.2 Å². The first-order valence-corrected chi connectivity index (χ1v) is 12.6. The lowest BCUT2D eigenvalue weighted by molar-refractivity contribution is -0.545. The van der Waals surface area contributed by atoms with Crippen LogP contribution < -0.4 is 21.9 Å². The van der Waals surface area contributed by atoms with Crippen LogP contribution in [0.15, 0.2) is 60.7 Å².